The quantitative estimate of drug-likeness (QED) is 0.430. The van der Waals surface area contributed by atoms with Crippen molar-refractivity contribution in [3.05, 3.63) is 45.3 Å². The first-order valence-electron chi connectivity index (χ1n) is 6.92. The monoisotopic (exact) mass is 368 g/mol. The van der Waals surface area contributed by atoms with E-state index < -0.39 is 5.82 Å². The number of nitriles is 1. The Balaban J connectivity index is 3.15. The number of hydrogen-bond donors (Lipinski definition) is 1. The largest absolute Gasteiger partial charge is 0.294 e. The minimum absolute atomic E-state index is 0.0194. The van der Waals surface area contributed by atoms with Crippen molar-refractivity contribution >= 4 is 21.7 Å². The number of nitrogens with one attached hydrogen (secondary N) is 1. The number of halogens is 2. The average Bonchev–Trinajstić information content (AvgIpc) is 2.50. The Morgan fingerprint density at radius 2 is 2.23 bits per heavy atom. The first-order valence-corrected chi connectivity index (χ1v) is 7.72. The third kappa shape index (κ3) is 5.24. The lowest BCUT2D eigenvalue weighted by Gasteiger charge is -2.11. The zero-order valence-electron chi connectivity index (χ0n) is 12.6. The SMILES string of the molecule is CCCCC(=O)C(Cc1ccc(Br)cc1F)=C(C#N)NOC. The maximum Gasteiger partial charge on any atom is 0.162 e. The summed E-state index contributed by atoms with van der Waals surface area (Å²) >= 11 is 3.19. The molecule has 0 heterocycles. The number of rotatable bonds is 8. The molecule has 0 aliphatic heterocycles. The standard InChI is InChI=1S/C16H18BrFN2O2/c1-3-4-5-16(21)13(15(10-19)20-22-2)8-11-6-7-12(17)9-14(11)18/h6-7,9,20H,3-5,8H2,1-2H3. The van der Waals surface area contributed by atoms with E-state index >= 15 is 0 Å². The Kier molecular flexibility index (Phi) is 7.78. The molecule has 0 saturated carbocycles. The van der Waals surface area contributed by atoms with Gasteiger partial charge in [0, 0.05) is 22.9 Å². The van der Waals surface area contributed by atoms with E-state index in [1.165, 1.54) is 13.2 Å². The minimum Gasteiger partial charge on any atom is -0.294 e. The van der Waals surface area contributed by atoms with E-state index in [-0.39, 0.29) is 23.5 Å². The molecule has 0 amide bonds. The molecule has 1 aromatic carbocycles. The lowest BCUT2D eigenvalue weighted by Crippen LogP contribution is -2.18. The summed E-state index contributed by atoms with van der Waals surface area (Å²) in [4.78, 5) is 17.1. The maximum absolute atomic E-state index is 14.0. The van der Waals surface area contributed by atoms with Crippen LogP contribution in [0.2, 0.25) is 0 Å². The Labute approximate surface area is 138 Å². The molecule has 0 aliphatic rings. The zero-order chi connectivity index (χ0) is 16.5. The van der Waals surface area contributed by atoms with E-state index in [2.05, 4.69) is 21.4 Å². The van der Waals surface area contributed by atoms with E-state index in [0.29, 0.717) is 16.5 Å². The Morgan fingerprint density at radius 3 is 2.77 bits per heavy atom. The van der Waals surface area contributed by atoms with Crippen molar-refractivity contribution in [2.45, 2.75) is 32.6 Å². The van der Waals surface area contributed by atoms with Crippen molar-refractivity contribution in [2.75, 3.05) is 7.11 Å². The number of allylic oxidation sites excluding steroid dienone is 2. The predicted octanol–water partition coefficient (Wildman–Crippen LogP) is 3.82. The van der Waals surface area contributed by atoms with Crippen LogP contribution in [0.1, 0.15) is 31.7 Å². The lowest BCUT2D eigenvalue weighted by atomic mass is 9.96. The van der Waals surface area contributed by atoms with Crippen LogP contribution in [0.3, 0.4) is 0 Å². The summed E-state index contributed by atoms with van der Waals surface area (Å²) in [5, 5.41) is 9.19. The second-order valence-electron chi connectivity index (χ2n) is 4.71. The van der Waals surface area contributed by atoms with Crippen LogP contribution in [0.4, 0.5) is 4.39 Å². The third-order valence-electron chi connectivity index (χ3n) is 3.09. The number of ketones is 1. The fourth-order valence-corrected chi connectivity index (χ4v) is 2.26. The number of benzene rings is 1. The molecular formula is C16H18BrFN2O2. The highest BCUT2D eigenvalue weighted by Gasteiger charge is 2.18. The number of carbonyl (C=O) groups is 1. The van der Waals surface area contributed by atoms with Gasteiger partial charge in [0.15, 0.2) is 5.78 Å². The summed E-state index contributed by atoms with van der Waals surface area (Å²) in [5.74, 6) is -0.602. The molecule has 0 bridgehead atoms. The first kappa shape index (κ1) is 18.3. The highest BCUT2D eigenvalue weighted by Crippen LogP contribution is 2.20. The summed E-state index contributed by atoms with van der Waals surface area (Å²) in [6.45, 7) is 1.98. The van der Waals surface area contributed by atoms with Crippen LogP contribution in [-0.4, -0.2) is 12.9 Å². The summed E-state index contributed by atoms with van der Waals surface area (Å²) < 4.78 is 14.6. The molecule has 4 nitrogen and oxygen atoms in total. The van der Waals surface area contributed by atoms with Gasteiger partial charge in [0.2, 0.25) is 0 Å². The second-order valence-corrected chi connectivity index (χ2v) is 5.63. The van der Waals surface area contributed by atoms with Crippen LogP contribution < -0.4 is 5.48 Å². The molecule has 1 N–H and O–H groups in total. The number of unbranched alkanes of at least 4 members (excludes halogenated alkanes) is 1. The average molecular weight is 369 g/mol. The summed E-state index contributed by atoms with van der Waals surface area (Å²) in [5.41, 5.74) is 3.02. The van der Waals surface area contributed by atoms with Gasteiger partial charge in [-0.1, -0.05) is 35.3 Å². The van der Waals surface area contributed by atoms with Gasteiger partial charge >= 0.3 is 0 Å². The van der Waals surface area contributed by atoms with Gasteiger partial charge in [0.05, 0.1) is 7.11 Å². The van der Waals surface area contributed by atoms with Gasteiger partial charge in [-0.15, -0.1) is 0 Å². The maximum atomic E-state index is 14.0. The fourth-order valence-electron chi connectivity index (χ4n) is 1.92. The molecule has 118 valence electrons. The first-order chi connectivity index (χ1) is 10.5. The van der Waals surface area contributed by atoms with Crippen LogP contribution >= 0.6 is 15.9 Å². The van der Waals surface area contributed by atoms with Crippen molar-refractivity contribution in [3.63, 3.8) is 0 Å². The van der Waals surface area contributed by atoms with E-state index in [9.17, 15) is 14.4 Å². The molecule has 22 heavy (non-hydrogen) atoms. The molecule has 0 saturated heterocycles. The molecule has 1 rings (SSSR count). The Morgan fingerprint density at radius 1 is 1.50 bits per heavy atom. The Hall–Kier alpha value is -1.71. The van der Waals surface area contributed by atoms with Gasteiger partial charge < -0.3 is 0 Å². The Bertz CT molecular complexity index is 609. The van der Waals surface area contributed by atoms with Gasteiger partial charge in [0.25, 0.3) is 0 Å². The van der Waals surface area contributed by atoms with E-state index in [1.807, 2.05) is 13.0 Å². The third-order valence-corrected chi connectivity index (χ3v) is 3.59. The molecule has 0 aliphatic carbocycles. The van der Waals surface area contributed by atoms with Crippen LogP contribution in [-0.2, 0) is 16.1 Å². The predicted molar refractivity (Wildman–Crippen MR) is 85.1 cm³/mol. The van der Waals surface area contributed by atoms with Crippen LogP contribution in [0.25, 0.3) is 0 Å². The van der Waals surface area contributed by atoms with E-state index in [0.717, 1.165) is 12.8 Å². The normalized spacial score (nSPS) is 11.6. The van der Waals surface area contributed by atoms with Crippen LogP contribution in [0, 0.1) is 17.1 Å². The minimum atomic E-state index is -0.426. The van der Waals surface area contributed by atoms with Crippen molar-refractivity contribution in [2.24, 2.45) is 0 Å². The molecular weight excluding hydrogens is 351 g/mol. The highest BCUT2D eigenvalue weighted by atomic mass is 79.9. The zero-order valence-corrected chi connectivity index (χ0v) is 14.2. The molecule has 6 heteroatoms. The van der Waals surface area contributed by atoms with Crippen LogP contribution in [0.5, 0.6) is 0 Å². The van der Waals surface area contributed by atoms with Crippen molar-refractivity contribution in [3.8, 4) is 6.07 Å². The second kappa shape index (κ2) is 9.34. The van der Waals surface area contributed by atoms with E-state index in [4.69, 9.17) is 4.84 Å². The topological polar surface area (TPSA) is 62.1 Å². The molecule has 1 aromatic rings. The van der Waals surface area contributed by atoms with Crippen molar-refractivity contribution < 1.29 is 14.0 Å². The molecule has 0 radical (unpaired) electrons. The summed E-state index contributed by atoms with van der Waals surface area (Å²) in [6.07, 6.45) is 1.95. The van der Waals surface area contributed by atoms with Crippen LogP contribution in [0.15, 0.2) is 33.9 Å². The van der Waals surface area contributed by atoms with Gasteiger partial charge in [-0.3, -0.25) is 15.1 Å². The lowest BCUT2D eigenvalue weighted by molar-refractivity contribution is -0.115. The molecule has 0 atom stereocenters. The molecule has 0 fully saturated rings. The van der Waals surface area contributed by atoms with Gasteiger partial charge in [-0.05, 0) is 24.1 Å². The number of hydroxylamine groups is 1. The number of nitrogens with zero attached hydrogens (tertiary/aromatic N) is 1. The van der Waals surface area contributed by atoms with Crippen molar-refractivity contribution in [1.82, 2.24) is 5.48 Å². The number of Topliss-reactive ketones (excluding diaryl/α,β-unsaturated/α-hetero) is 1. The highest BCUT2D eigenvalue weighted by molar-refractivity contribution is 9.10. The fraction of sp³-hybridized carbons (Fsp3) is 0.375. The molecule has 0 spiro atoms. The molecule has 0 aromatic heterocycles. The van der Waals surface area contributed by atoms with Gasteiger partial charge in [-0.25, -0.2) is 4.39 Å². The van der Waals surface area contributed by atoms with Gasteiger partial charge in [-0.2, -0.15) is 5.26 Å². The smallest absolute Gasteiger partial charge is 0.162 e. The summed E-state index contributed by atoms with van der Waals surface area (Å²) in [7, 11) is 1.35. The number of carbonyl (C=O) groups excluding carboxylic acids is 1. The van der Waals surface area contributed by atoms with Gasteiger partial charge in [0.1, 0.15) is 17.6 Å². The molecule has 0 unspecified atom stereocenters. The summed E-state index contributed by atoms with van der Waals surface area (Å²) in [6, 6.07) is 6.52. The number of hydrogen-bond acceptors (Lipinski definition) is 4. The van der Waals surface area contributed by atoms with E-state index in [1.54, 1.807) is 12.1 Å². The van der Waals surface area contributed by atoms with Crippen molar-refractivity contribution in [1.29, 1.82) is 5.26 Å².